The minimum atomic E-state index is -0.644. The van der Waals surface area contributed by atoms with Gasteiger partial charge in [0.05, 0.1) is 17.8 Å². The zero-order valence-electron chi connectivity index (χ0n) is 14.7. The van der Waals surface area contributed by atoms with Crippen molar-refractivity contribution in [3.8, 4) is 0 Å². The fourth-order valence-electron chi connectivity index (χ4n) is 3.49. The molecule has 2 rings (SSSR count). The lowest BCUT2D eigenvalue weighted by atomic mass is 9.87. The van der Waals surface area contributed by atoms with E-state index in [1.54, 1.807) is 6.08 Å². The van der Waals surface area contributed by atoms with E-state index < -0.39 is 6.10 Å². The summed E-state index contributed by atoms with van der Waals surface area (Å²) < 4.78 is 5.85. The van der Waals surface area contributed by atoms with E-state index in [-0.39, 0.29) is 17.6 Å². The minimum absolute atomic E-state index is 0.00122. The maximum absolute atomic E-state index is 11.3. The monoisotopic (exact) mass is 318 g/mol. The molecular weight excluding hydrogens is 288 g/mol. The summed E-state index contributed by atoms with van der Waals surface area (Å²) in [4.78, 5) is 11.3. The van der Waals surface area contributed by atoms with Crippen LogP contribution in [0.15, 0.2) is 35.5 Å². The van der Waals surface area contributed by atoms with E-state index in [0.717, 1.165) is 44.0 Å². The highest BCUT2D eigenvalue weighted by atomic mass is 16.6. The van der Waals surface area contributed by atoms with E-state index in [0.29, 0.717) is 12.0 Å². The van der Waals surface area contributed by atoms with Gasteiger partial charge in [-0.25, -0.2) is 0 Å². The van der Waals surface area contributed by atoms with Gasteiger partial charge < -0.3 is 9.84 Å². The Morgan fingerprint density at radius 2 is 2.17 bits per heavy atom. The van der Waals surface area contributed by atoms with E-state index in [1.807, 2.05) is 6.92 Å². The van der Waals surface area contributed by atoms with Crippen molar-refractivity contribution in [3.05, 3.63) is 35.5 Å². The van der Waals surface area contributed by atoms with Gasteiger partial charge in [0.15, 0.2) is 0 Å². The molecule has 0 aromatic heterocycles. The first kappa shape index (κ1) is 18.2. The number of carbonyl (C=O) groups is 1. The predicted octanol–water partition coefficient (Wildman–Crippen LogP) is 4.12. The number of hydrogen-bond acceptors (Lipinski definition) is 3. The number of epoxide rings is 1. The molecule has 0 unspecified atom stereocenters. The van der Waals surface area contributed by atoms with Crippen LogP contribution in [0.25, 0.3) is 0 Å². The van der Waals surface area contributed by atoms with Crippen molar-refractivity contribution in [2.75, 3.05) is 0 Å². The Bertz CT molecular complexity index is 517. The number of fused-ring (bicyclic) bond motifs is 1. The highest BCUT2D eigenvalue weighted by Gasteiger charge is 2.50. The second kappa shape index (κ2) is 7.59. The van der Waals surface area contributed by atoms with Crippen molar-refractivity contribution in [2.24, 2.45) is 5.92 Å². The summed E-state index contributed by atoms with van der Waals surface area (Å²) in [5, 5.41) is 10.5. The second-order valence-corrected chi connectivity index (χ2v) is 7.39. The Morgan fingerprint density at radius 3 is 2.83 bits per heavy atom. The van der Waals surface area contributed by atoms with Crippen molar-refractivity contribution < 1.29 is 14.6 Å². The molecule has 0 amide bonds. The van der Waals surface area contributed by atoms with Crippen LogP contribution in [0.1, 0.15) is 59.3 Å². The Labute approximate surface area is 140 Å². The van der Waals surface area contributed by atoms with Crippen LogP contribution in [-0.2, 0) is 9.53 Å². The summed E-state index contributed by atoms with van der Waals surface area (Å²) >= 11 is 0. The summed E-state index contributed by atoms with van der Waals surface area (Å²) in [6, 6.07) is 0. The Hall–Kier alpha value is -1.19. The van der Waals surface area contributed by atoms with Crippen LogP contribution in [0.2, 0.25) is 0 Å². The molecule has 0 bridgehead atoms. The maximum atomic E-state index is 11.3. The Kier molecular flexibility index (Phi) is 5.99. The molecule has 128 valence electrons. The number of hydrogen-bond donors (Lipinski definition) is 1. The summed E-state index contributed by atoms with van der Waals surface area (Å²) in [5.74, 6) is -0.00122. The number of ether oxygens (including phenoxy) is 1. The molecule has 1 saturated heterocycles. The van der Waals surface area contributed by atoms with Gasteiger partial charge in [0, 0.05) is 5.92 Å². The third kappa shape index (κ3) is 4.89. The van der Waals surface area contributed by atoms with Gasteiger partial charge in [-0.15, -0.1) is 0 Å². The molecule has 23 heavy (non-hydrogen) atoms. The summed E-state index contributed by atoms with van der Waals surface area (Å²) in [7, 11) is 0. The molecule has 1 heterocycles. The van der Waals surface area contributed by atoms with Crippen LogP contribution in [0.5, 0.6) is 0 Å². The van der Waals surface area contributed by atoms with Gasteiger partial charge in [0.1, 0.15) is 6.29 Å². The average molecular weight is 318 g/mol. The molecule has 0 spiro atoms. The third-order valence-corrected chi connectivity index (χ3v) is 5.30. The first-order chi connectivity index (χ1) is 10.9. The third-order valence-electron chi connectivity index (χ3n) is 5.30. The lowest BCUT2D eigenvalue weighted by molar-refractivity contribution is -0.105. The van der Waals surface area contributed by atoms with Gasteiger partial charge in [0.25, 0.3) is 0 Å². The Morgan fingerprint density at radius 1 is 1.43 bits per heavy atom. The zero-order chi connectivity index (χ0) is 17.0. The number of rotatable bonds is 2. The van der Waals surface area contributed by atoms with E-state index in [4.69, 9.17) is 4.74 Å². The number of carbonyl (C=O) groups excluding carboxylic acids is 1. The predicted molar refractivity (Wildman–Crippen MR) is 93.2 cm³/mol. The van der Waals surface area contributed by atoms with Crippen molar-refractivity contribution in [1.82, 2.24) is 0 Å². The topological polar surface area (TPSA) is 49.8 Å². The van der Waals surface area contributed by atoms with Gasteiger partial charge in [-0.3, -0.25) is 4.79 Å². The molecule has 3 nitrogen and oxygen atoms in total. The normalized spacial score (nSPS) is 40.6. The fraction of sp³-hybridized carbons (Fsp3) is 0.650. The molecule has 1 fully saturated rings. The summed E-state index contributed by atoms with van der Waals surface area (Å²) in [5.41, 5.74) is 2.96. The van der Waals surface area contributed by atoms with Crippen molar-refractivity contribution in [3.63, 3.8) is 0 Å². The summed E-state index contributed by atoms with van der Waals surface area (Å²) in [6.45, 7) is 10.3. The van der Waals surface area contributed by atoms with Crippen LogP contribution in [0.3, 0.4) is 0 Å². The standard InChI is InChI=1S/C20H30O3/c1-14(2)17-9-7-15(3)6-5-11-20(4)19(23-20)10-8-16(13-21)12-18(17)22/h6,12-13,17-19,22H,1,5,7-11H2,2-4H3/b15-6+,16-12+/t17-,18+,19-,20-/m1/s1. The number of aliphatic hydroxyl groups is 1. The van der Waals surface area contributed by atoms with Gasteiger partial charge in [-0.05, 0) is 70.9 Å². The van der Waals surface area contributed by atoms with Crippen LogP contribution in [-0.4, -0.2) is 29.2 Å². The minimum Gasteiger partial charge on any atom is -0.388 e. The highest BCUT2D eigenvalue weighted by molar-refractivity contribution is 5.73. The average Bonchev–Trinajstić information content (AvgIpc) is 3.13. The SMILES string of the molecule is C=C(C)[C@H]1CC/C(C)=C/CC[C@@]2(C)O[C@@H]2CC/C(C=O)=C\[C@@H]1O. The number of allylic oxidation sites excluding steroid dienone is 3. The first-order valence-corrected chi connectivity index (χ1v) is 8.68. The fourth-order valence-corrected chi connectivity index (χ4v) is 3.49. The van der Waals surface area contributed by atoms with Gasteiger partial charge in [-0.1, -0.05) is 23.8 Å². The molecule has 2 aliphatic rings. The van der Waals surface area contributed by atoms with E-state index in [9.17, 15) is 9.90 Å². The van der Waals surface area contributed by atoms with Crippen LogP contribution in [0, 0.1) is 5.92 Å². The molecule has 4 atom stereocenters. The molecule has 0 saturated carbocycles. The molecule has 1 N–H and O–H groups in total. The van der Waals surface area contributed by atoms with Crippen molar-refractivity contribution in [2.45, 2.75) is 77.1 Å². The van der Waals surface area contributed by atoms with Gasteiger partial charge in [-0.2, -0.15) is 0 Å². The molecule has 3 heteroatoms. The zero-order valence-corrected chi connectivity index (χ0v) is 14.7. The second-order valence-electron chi connectivity index (χ2n) is 7.39. The summed E-state index contributed by atoms with van der Waals surface area (Å²) in [6.07, 6.45) is 9.84. The lowest BCUT2D eigenvalue weighted by Crippen LogP contribution is -2.20. The number of aldehydes is 1. The molecule has 0 aromatic carbocycles. The van der Waals surface area contributed by atoms with Crippen LogP contribution >= 0.6 is 0 Å². The van der Waals surface area contributed by atoms with E-state index in [2.05, 4.69) is 26.5 Å². The first-order valence-electron chi connectivity index (χ1n) is 8.68. The largest absolute Gasteiger partial charge is 0.388 e. The smallest absolute Gasteiger partial charge is 0.145 e. The Balaban J connectivity index is 2.17. The highest BCUT2D eigenvalue weighted by Crippen LogP contribution is 2.43. The van der Waals surface area contributed by atoms with Crippen LogP contribution < -0.4 is 0 Å². The van der Waals surface area contributed by atoms with Crippen molar-refractivity contribution >= 4 is 6.29 Å². The maximum Gasteiger partial charge on any atom is 0.145 e. The molecule has 0 aromatic rings. The van der Waals surface area contributed by atoms with E-state index >= 15 is 0 Å². The molecular formula is C20H30O3. The van der Waals surface area contributed by atoms with Gasteiger partial charge in [0.2, 0.25) is 0 Å². The number of aliphatic hydroxyl groups excluding tert-OH is 1. The lowest BCUT2D eigenvalue weighted by Gasteiger charge is -2.22. The van der Waals surface area contributed by atoms with Crippen molar-refractivity contribution in [1.29, 1.82) is 0 Å². The molecule has 0 radical (unpaired) electrons. The molecule has 1 aliphatic heterocycles. The quantitative estimate of drug-likeness (QED) is 0.473. The van der Waals surface area contributed by atoms with Crippen LogP contribution in [0.4, 0.5) is 0 Å². The van der Waals surface area contributed by atoms with Gasteiger partial charge >= 0.3 is 0 Å². The van der Waals surface area contributed by atoms with E-state index in [1.165, 1.54) is 5.57 Å². The molecule has 1 aliphatic carbocycles.